The lowest BCUT2D eigenvalue weighted by atomic mass is 10.0. The van der Waals surface area contributed by atoms with E-state index < -0.39 is 6.10 Å². The van der Waals surface area contributed by atoms with Crippen molar-refractivity contribution in [1.29, 1.82) is 0 Å². The Morgan fingerprint density at radius 3 is 2.75 bits per heavy atom. The first-order valence-electron chi connectivity index (χ1n) is 5.11. The number of aryl methyl sites for hydroxylation is 2. The van der Waals surface area contributed by atoms with Crippen LogP contribution in [0.5, 0.6) is 0 Å². The number of anilines is 1. The summed E-state index contributed by atoms with van der Waals surface area (Å²) in [5.41, 5.74) is 8.41. The molecule has 2 aromatic rings. The van der Waals surface area contributed by atoms with E-state index in [0.717, 1.165) is 11.1 Å². The Bertz CT molecular complexity index is 505. The standard InChI is InChI=1S/C12H15N3O/c1-8-4-3-5-9(6-8)11(16)10-7-14-15(2)12(10)13/h3-7,11,16H,13H2,1-2H3. The van der Waals surface area contributed by atoms with Gasteiger partial charge in [0.05, 0.1) is 6.20 Å². The van der Waals surface area contributed by atoms with Gasteiger partial charge in [-0.3, -0.25) is 4.68 Å². The van der Waals surface area contributed by atoms with Gasteiger partial charge in [-0.25, -0.2) is 0 Å². The molecule has 0 saturated heterocycles. The minimum atomic E-state index is -0.714. The first kappa shape index (κ1) is 10.7. The number of hydrogen-bond donors (Lipinski definition) is 2. The van der Waals surface area contributed by atoms with E-state index in [4.69, 9.17) is 5.73 Å². The quantitative estimate of drug-likeness (QED) is 0.799. The van der Waals surface area contributed by atoms with Crippen molar-refractivity contribution in [3.8, 4) is 0 Å². The molecule has 0 radical (unpaired) electrons. The summed E-state index contributed by atoms with van der Waals surface area (Å²) in [6.07, 6.45) is 0.885. The zero-order chi connectivity index (χ0) is 11.7. The molecule has 16 heavy (non-hydrogen) atoms. The molecule has 1 heterocycles. The summed E-state index contributed by atoms with van der Waals surface area (Å²) in [5.74, 6) is 0.494. The van der Waals surface area contributed by atoms with Crippen LogP contribution in [0.4, 0.5) is 5.82 Å². The van der Waals surface area contributed by atoms with Crippen molar-refractivity contribution in [1.82, 2.24) is 9.78 Å². The van der Waals surface area contributed by atoms with E-state index in [2.05, 4.69) is 5.10 Å². The topological polar surface area (TPSA) is 64.1 Å². The number of rotatable bonds is 2. The summed E-state index contributed by atoms with van der Waals surface area (Å²) in [6.45, 7) is 1.99. The molecule has 1 unspecified atom stereocenters. The highest BCUT2D eigenvalue weighted by Crippen LogP contribution is 2.26. The minimum Gasteiger partial charge on any atom is -0.384 e. The molecule has 0 amide bonds. The van der Waals surface area contributed by atoms with Crippen molar-refractivity contribution in [2.45, 2.75) is 13.0 Å². The average molecular weight is 217 g/mol. The minimum absolute atomic E-state index is 0.494. The number of nitrogens with zero attached hydrogens (tertiary/aromatic N) is 2. The van der Waals surface area contributed by atoms with E-state index in [9.17, 15) is 5.11 Å². The lowest BCUT2D eigenvalue weighted by molar-refractivity contribution is 0.221. The Morgan fingerprint density at radius 1 is 1.44 bits per heavy atom. The molecule has 0 aliphatic rings. The van der Waals surface area contributed by atoms with Gasteiger partial charge >= 0.3 is 0 Å². The molecule has 0 spiro atoms. The fourth-order valence-corrected chi connectivity index (χ4v) is 1.69. The lowest BCUT2D eigenvalue weighted by Crippen LogP contribution is -2.04. The molecular weight excluding hydrogens is 202 g/mol. The number of benzene rings is 1. The highest BCUT2D eigenvalue weighted by molar-refractivity contribution is 5.44. The normalized spacial score (nSPS) is 12.7. The summed E-state index contributed by atoms with van der Waals surface area (Å²) in [7, 11) is 1.75. The molecule has 0 aliphatic carbocycles. The van der Waals surface area contributed by atoms with Gasteiger partial charge in [0.15, 0.2) is 0 Å². The van der Waals surface area contributed by atoms with Gasteiger partial charge in [0.2, 0.25) is 0 Å². The van der Waals surface area contributed by atoms with Crippen molar-refractivity contribution < 1.29 is 5.11 Å². The second-order valence-corrected chi connectivity index (χ2v) is 3.93. The summed E-state index contributed by atoms with van der Waals surface area (Å²) in [4.78, 5) is 0. The fraction of sp³-hybridized carbons (Fsp3) is 0.250. The van der Waals surface area contributed by atoms with Gasteiger partial charge in [-0.15, -0.1) is 0 Å². The van der Waals surface area contributed by atoms with Crippen LogP contribution in [0.3, 0.4) is 0 Å². The van der Waals surface area contributed by atoms with Crippen LogP contribution in [0.25, 0.3) is 0 Å². The predicted octanol–water partition coefficient (Wildman–Crippen LogP) is 1.39. The van der Waals surface area contributed by atoms with E-state index in [0.29, 0.717) is 11.4 Å². The molecule has 1 aromatic heterocycles. The average Bonchev–Trinajstić information content (AvgIpc) is 2.59. The highest BCUT2D eigenvalue weighted by atomic mass is 16.3. The Hall–Kier alpha value is -1.81. The maximum Gasteiger partial charge on any atom is 0.127 e. The summed E-state index contributed by atoms with van der Waals surface area (Å²) >= 11 is 0. The number of nitrogen functional groups attached to an aromatic ring is 1. The van der Waals surface area contributed by atoms with Crippen LogP contribution in [-0.2, 0) is 7.05 Å². The molecule has 0 aliphatic heterocycles. The number of aromatic nitrogens is 2. The van der Waals surface area contributed by atoms with Gasteiger partial charge in [-0.05, 0) is 12.5 Å². The molecule has 1 atom stereocenters. The van der Waals surface area contributed by atoms with Gasteiger partial charge in [-0.2, -0.15) is 5.10 Å². The first-order valence-corrected chi connectivity index (χ1v) is 5.11. The van der Waals surface area contributed by atoms with E-state index in [-0.39, 0.29) is 0 Å². The Kier molecular flexibility index (Phi) is 2.66. The fourth-order valence-electron chi connectivity index (χ4n) is 1.69. The van der Waals surface area contributed by atoms with Gasteiger partial charge in [0, 0.05) is 12.6 Å². The first-order chi connectivity index (χ1) is 7.59. The number of nitrogens with two attached hydrogens (primary N) is 1. The Morgan fingerprint density at radius 2 is 2.19 bits per heavy atom. The molecule has 0 fully saturated rings. The van der Waals surface area contributed by atoms with Crippen molar-refractivity contribution in [2.75, 3.05) is 5.73 Å². The number of hydrogen-bond acceptors (Lipinski definition) is 3. The zero-order valence-electron chi connectivity index (χ0n) is 9.38. The Labute approximate surface area is 94.3 Å². The molecule has 1 aromatic carbocycles. The third-order valence-corrected chi connectivity index (χ3v) is 2.67. The van der Waals surface area contributed by atoms with Gasteiger partial charge < -0.3 is 10.8 Å². The maximum atomic E-state index is 10.2. The third kappa shape index (κ3) is 1.79. The van der Waals surface area contributed by atoms with Crippen LogP contribution in [0.2, 0.25) is 0 Å². The predicted molar refractivity (Wildman–Crippen MR) is 62.9 cm³/mol. The van der Waals surface area contributed by atoms with Crippen LogP contribution in [0.1, 0.15) is 22.8 Å². The van der Waals surface area contributed by atoms with E-state index in [1.165, 1.54) is 0 Å². The molecule has 4 nitrogen and oxygen atoms in total. The molecule has 0 bridgehead atoms. The molecule has 0 saturated carbocycles. The number of aliphatic hydroxyl groups is 1. The van der Waals surface area contributed by atoms with E-state index in [1.807, 2.05) is 31.2 Å². The highest BCUT2D eigenvalue weighted by Gasteiger charge is 2.16. The molecule has 4 heteroatoms. The van der Waals surface area contributed by atoms with E-state index >= 15 is 0 Å². The summed E-state index contributed by atoms with van der Waals surface area (Å²) in [5, 5.41) is 14.2. The lowest BCUT2D eigenvalue weighted by Gasteiger charge is -2.10. The smallest absolute Gasteiger partial charge is 0.127 e. The Balaban J connectivity index is 2.39. The van der Waals surface area contributed by atoms with Gasteiger partial charge in [-0.1, -0.05) is 29.8 Å². The summed E-state index contributed by atoms with van der Waals surface area (Å²) < 4.78 is 1.55. The summed E-state index contributed by atoms with van der Waals surface area (Å²) in [6, 6.07) is 7.73. The second kappa shape index (κ2) is 3.98. The molecular formula is C12H15N3O. The second-order valence-electron chi connectivity index (χ2n) is 3.93. The molecule has 2 rings (SSSR count). The third-order valence-electron chi connectivity index (χ3n) is 2.67. The van der Waals surface area contributed by atoms with Gasteiger partial charge in [0.25, 0.3) is 0 Å². The van der Waals surface area contributed by atoms with Crippen molar-refractivity contribution in [2.24, 2.45) is 7.05 Å². The van der Waals surface area contributed by atoms with Crippen LogP contribution >= 0.6 is 0 Å². The molecule has 84 valence electrons. The zero-order valence-corrected chi connectivity index (χ0v) is 9.38. The van der Waals surface area contributed by atoms with Crippen molar-refractivity contribution in [3.63, 3.8) is 0 Å². The SMILES string of the molecule is Cc1cccc(C(O)c2cnn(C)c2N)c1. The van der Waals surface area contributed by atoms with Gasteiger partial charge in [0.1, 0.15) is 11.9 Å². The van der Waals surface area contributed by atoms with Crippen LogP contribution in [0, 0.1) is 6.92 Å². The monoisotopic (exact) mass is 217 g/mol. The largest absolute Gasteiger partial charge is 0.384 e. The van der Waals surface area contributed by atoms with E-state index in [1.54, 1.807) is 17.9 Å². The van der Waals surface area contributed by atoms with Crippen molar-refractivity contribution in [3.05, 3.63) is 47.2 Å². The maximum absolute atomic E-state index is 10.2. The molecule has 3 N–H and O–H groups in total. The van der Waals surface area contributed by atoms with Crippen LogP contribution in [0.15, 0.2) is 30.5 Å². The van der Waals surface area contributed by atoms with Crippen LogP contribution < -0.4 is 5.73 Å². The van der Waals surface area contributed by atoms with Crippen molar-refractivity contribution >= 4 is 5.82 Å². The number of aliphatic hydroxyl groups excluding tert-OH is 1. The van der Waals surface area contributed by atoms with Crippen LogP contribution in [-0.4, -0.2) is 14.9 Å².